The van der Waals surface area contributed by atoms with E-state index in [1.807, 2.05) is 79.2 Å². The van der Waals surface area contributed by atoms with Gasteiger partial charge in [-0.05, 0) is 37.6 Å². The van der Waals surface area contributed by atoms with E-state index in [-0.39, 0.29) is 0 Å². The van der Waals surface area contributed by atoms with E-state index in [1.165, 1.54) is 4.57 Å². The van der Waals surface area contributed by atoms with Crippen LogP contribution in [0.25, 0.3) is 17.1 Å². The Kier molecular flexibility index (Phi) is 4.01. The quantitative estimate of drug-likeness (QED) is 0.568. The van der Waals surface area contributed by atoms with E-state index in [1.54, 1.807) is 0 Å². The van der Waals surface area contributed by atoms with Crippen LogP contribution in [0.1, 0.15) is 17.0 Å². The monoisotopic (exact) mass is 346 g/mol. The van der Waals surface area contributed by atoms with E-state index in [9.17, 15) is 4.79 Å². The average molecular weight is 346 g/mol. The summed E-state index contributed by atoms with van der Waals surface area (Å²) in [5.74, 6) is 0.0599. The van der Waals surface area contributed by atoms with Crippen LogP contribution in [-0.4, -0.2) is 19.5 Å². The first-order valence-electron chi connectivity index (χ1n) is 8.36. The van der Waals surface area contributed by atoms with Crippen molar-refractivity contribution >= 4 is 0 Å². The first-order valence-corrected chi connectivity index (χ1v) is 8.36. The third kappa shape index (κ3) is 2.97. The van der Waals surface area contributed by atoms with Crippen molar-refractivity contribution in [1.29, 1.82) is 0 Å². The van der Waals surface area contributed by atoms with E-state index in [4.69, 9.17) is 4.52 Å². The summed E-state index contributed by atoms with van der Waals surface area (Å²) in [7, 11) is 0. The lowest BCUT2D eigenvalue weighted by Gasteiger charge is -2.08. The number of aromatic nitrogens is 4. The molecule has 26 heavy (non-hydrogen) atoms. The van der Waals surface area contributed by atoms with Gasteiger partial charge in [0.1, 0.15) is 0 Å². The molecule has 0 saturated carbocycles. The van der Waals surface area contributed by atoms with Crippen LogP contribution in [0, 0.1) is 13.8 Å². The Morgan fingerprint density at radius 3 is 2.38 bits per heavy atom. The molecule has 0 aliphatic heterocycles. The molecule has 4 aromatic rings. The van der Waals surface area contributed by atoms with Crippen LogP contribution in [0.2, 0.25) is 0 Å². The molecule has 6 nitrogen and oxygen atoms in total. The fraction of sp³-hybridized carbons (Fsp3) is 0.150. The smallest absolute Gasteiger partial charge is 0.295 e. The summed E-state index contributed by atoms with van der Waals surface area (Å²) < 4.78 is 8.32. The molecule has 0 aliphatic rings. The minimum absolute atomic E-state index is 0.393. The Labute approximate surface area is 150 Å². The zero-order valence-corrected chi connectivity index (χ0v) is 14.6. The predicted octanol–water partition coefficient (Wildman–Crippen LogP) is 3.35. The van der Waals surface area contributed by atoms with Gasteiger partial charge in [0.25, 0.3) is 0 Å². The Hall–Kier alpha value is -3.41. The molecule has 2 aromatic carbocycles. The summed E-state index contributed by atoms with van der Waals surface area (Å²) in [4.78, 5) is 12.1. The second-order valence-electron chi connectivity index (χ2n) is 6.23. The highest BCUT2D eigenvalue weighted by Crippen LogP contribution is 2.18. The van der Waals surface area contributed by atoms with E-state index in [0.717, 1.165) is 28.2 Å². The predicted molar refractivity (Wildman–Crippen MR) is 98.3 cm³/mol. The van der Waals surface area contributed by atoms with Crippen molar-refractivity contribution in [3.05, 3.63) is 88.2 Å². The highest BCUT2D eigenvalue weighted by atomic mass is 16.5. The van der Waals surface area contributed by atoms with Crippen molar-refractivity contribution in [3.63, 3.8) is 0 Å². The maximum Gasteiger partial charge on any atom is 0.442 e. The number of aryl methyl sites for hydroxylation is 2. The largest absolute Gasteiger partial charge is 0.442 e. The lowest BCUT2D eigenvalue weighted by Crippen LogP contribution is -2.16. The summed E-state index contributed by atoms with van der Waals surface area (Å²) in [5.41, 5.74) is 4.88. The van der Waals surface area contributed by atoms with Crippen molar-refractivity contribution in [1.82, 2.24) is 19.5 Å². The first kappa shape index (κ1) is 16.1. The number of hydrogen-bond donors (Lipinski definition) is 0. The van der Waals surface area contributed by atoms with Crippen LogP contribution in [0.5, 0.6) is 0 Å². The van der Waals surface area contributed by atoms with Crippen molar-refractivity contribution in [2.75, 3.05) is 0 Å². The normalized spacial score (nSPS) is 11.0. The second-order valence-corrected chi connectivity index (χ2v) is 6.23. The van der Waals surface area contributed by atoms with Crippen molar-refractivity contribution in [3.8, 4) is 17.1 Å². The summed E-state index contributed by atoms with van der Waals surface area (Å²) >= 11 is 0. The minimum atomic E-state index is -0.466. The van der Waals surface area contributed by atoms with Gasteiger partial charge in [0.2, 0.25) is 0 Å². The third-order valence-corrected chi connectivity index (χ3v) is 4.25. The topological polar surface area (TPSA) is 65.8 Å². The molecular formula is C20H18N4O2. The van der Waals surface area contributed by atoms with Gasteiger partial charge < -0.3 is 0 Å². The summed E-state index contributed by atoms with van der Waals surface area (Å²) in [6.07, 6.45) is 0. The van der Waals surface area contributed by atoms with Gasteiger partial charge in [0, 0.05) is 11.3 Å². The van der Waals surface area contributed by atoms with Gasteiger partial charge in [-0.3, -0.25) is 9.09 Å². The fourth-order valence-electron chi connectivity index (χ4n) is 3.02. The molecule has 6 heteroatoms. The van der Waals surface area contributed by atoms with E-state index >= 15 is 0 Å². The summed E-state index contributed by atoms with van der Waals surface area (Å²) in [5, 5.41) is 8.41. The van der Waals surface area contributed by atoms with E-state index < -0.39 is 5.76 Å². The number of hydrogen-bond acceptors (Lipinski definition) is 4. The molecule has 0 amide bonds. The van der Waals surface area contributed by atoms with Crippen molar-refractivity contribution in [2.24, 2.45) is 0 Å². The molecule has 2 aromatic heterocycles. The van der Waals surface area contributed by atoms with E-state index in [2.05, 4.69) is 10.3 Å². The van der Waals surface area contributed by atoms with Gasteiger partial charge in [-0.1, -0.05) is 47.6 Å². The van der Waals surface area contributed by atoms with Crippen LogP contribution in [-0.2, 0) is 6.54 Å². The highest BCUT2D eigenvalue weighted by molar-refractivity contribution is 5.54. The third-order valence-electron chi connectivity index (χ3n) is 4.25. The number of nitrogens with zero attached hydrogens (tertiary/aromatic N) is 4. The molecule has 0 aliphatic carbocycles. The molecule has 0 fully saturated rings. The maximum absolute atomic E-state index is 12.1. The molecule has 0 unspecified atom stereocenters. The molecule has 0 N–H and O–H groups in total. The Morgan fingerprint density at radius 1 is 1.00 bits per heavy atom. The second kappa shape index (κ2) is 6.48. The Morgan fingerprint density at radius 2 is 1.73 bits per heavy atom. The molecule has 0 atom stereocenters. The van der Waals surface area contributed by atoms with Gasteiger partial charge in [0.05, 0.1) is 17.9 Å². The molecule has 2 heterocycles. The van der Waals surface area contributed by atoms with Gasteiger partial charge in [-0.2, -0.15) is 5.10 Å². The minimum Gasteiger partial charge on any atom is -0.295 e. The standard InChI is InChI=1S/C20H18N4O2/c1-14-12-15(2)24(21-14)18-10-8-16(9-11-18)13-23-19(22-26-20(23)25)17-6-4-3-5-7-17/h3-12H,13H2,1-2H3. The molecule has 0 radical (unpaired) electrons. The van der Waals surface area contributed by atoms with Crippen molar-refractivity contribution in [2.45, 2.75) is 20.4 Å². The molecule has 130 valence electrons. The SMILES string of the molecule is Cc1cc(C)n(-c2ccc(Cn3c(-c4ccccc4)noc3=O)cc2)n1. The van der Waals surface area contributed by atoms with Crippen LogP contribution in [0.4, 0.5) is 0 Å². The molecule has 0 bridgehead atoms. The van der Waals surface area contributed by atoms with Crippen LogP contribution >= 0.6 is 0 Å². The zero-order chi connectivity index (χ0) is 18.1. The van der Waals surface area contributed by atoms with Crippen LogP contribution < -0.4 is 5.76 Å². The molecule has 4 rings (SSSR count). The van der Waals surface area contributed by atoms with Gasteiger partial charge in [0.15, 0.2) is 5.82 Å². The lowest BCUT2D eigenvalue weighted by molar-refractivity contribution is 0.378. The molecule has 0 spiro atoms. The fourth-order valence-corrected chi connectivity index (χ4v) is 3.02. The number of rotatable bonds is 4. The lowest BCUT2D eigenvalue weighted by atomic mass is 10.2. The molecule has 0 saturated heterocycles. The van der Waals surface area contributed by atoms with E-state index in [0.29, 0.717) is 12.4 Å². The zero-order valence-electron chi connectivity index (χ0n) is 14.6. The van der Waals surface area contributed by atoms with Gasteiger partial charge in [-0.25, -0.2) is 9.48 Å². The Bertz CT molecular complexity index is 1090. The highest BCUT2D eigenvalue weighted by Gasteiger charge is 2.13. The van der Waals surface area contributed by atoms with Crippen molar-refractivity contribution < 1.29 is 4.52 Å². The van der Waals surface area contributed by atoms with Crippen LogP contribution in [0.15, 0.2) is 70.0 Å². The van der Waals surface area contributed by atoms with Gasteiger partial charge in [-0.15, -0.1) is 0 Å². The first-order chi connectivity index (χ1) is 12.6. The van der Waals surface area contributed by atoms with Gasteiger partial charge >= 0.3 is 5.76 Å². The van der Waals surface area contributed by atoms with Crippen LogP contribution in [0.3, 0.4) is 0 Å². The maximum atomic E-state index is 12.1. The Balaban J connectivity index is 1.64. The summed E-state index contributed by atoms with van der Waals surface area (Å²) in [6, 6.07) is 19.5. The number of benzene rings is 2. The molecular weight excluding hydrogens is 328 g/mol. The average Bonchev–Trinajstić information content (AvgIpc) is 3.18. The summed E-state index contributed by atoms with van der Waals surface area (Å²) in [6.45, 7) is 4.39.